The largest absolute Gasteiger partial charge is 0.494 e. The van der Waals surface area contributed by atoms with E-state index in [9.17, 15) is 4.79 Å². The number of urea groups is 1. The Morgan fingerprint density at radius 1 is 1.03 bits per heavy atom. The number of hydrogen-bond donors (Lipinski definition) is 1. The van der Waals surface area contributed by atoms with E-state index < -0.39 is 0 Å². The van der Waals surface area contributed by atoms with Crippen LogP contribution in [0.15, 0.2) is 72.9 Å². The molecule has 2 aromatic carbocycles. The molecule has 1 aliphatic rings. The van der Waals surface area contributed by atoms with Gasteiger partial charge >= 0.3 is 6.03 Å². The molecule has 0 aliphatic carbocycles. The van der Waals surface area contributed by atoms with Gasteiger partial charge in [0.25, 0.3) is 0 Å². The molecule has 1 atom stereocenters. The molecule has 1 aromatic heterocycles. The van der Waals surface area contributed by atoms with Crippen molar-refractivity contribution in [3.05, 3.63) is 89.7 Å². The quantitative estimate of drug-likeness (QED) is 0.685. The average Bonchev–Trinajstić information content (AvgIpc) is 3.23. The first kappa shape index (κ1) is 19.1. The summed E-state index contributed by atoms with van der Waals surface area (Å²) in [4.78, 5) is 15.0. The lowest BCUT2D eigenvalue weighted by Gasteiger charge is -2.37. The molecular weight excluding hydrogens is 362 g/mol. The van der Waals surface area contributed by atoms with Crippen LogP contribution in [0, 0.1) is 0 Å². The standard InChI is InChI=1S/C24H27N3O2/c1-2-29-21-12-10-20(11-13-21)23-22-9-6-16-26(22)17-18-27(23)24(28)25-15-14-19-7-4-3-5-8-19/h3-13,16,23H,2,14-15,17-18H2,1H3,(H,25,28)/t23-/m0/s1. The zero-order valence-electron chi connectivity index (χ0n) is 16.8. The molecule has 0 radical (unpaired) electrons. The number of nitrogens with one attached hydrogen (secondary N) is 1. The summed E-state index contributed by atoms with van der Waals surface area (Å²) < 4.78 is 7.81. The number of carbonyl (C=O) groups is 1. The van der Waals surface area contributed by atoms with E-state index in [1.807, 2.05) is 48.2 Å². The molecule has 0 spiro atoms. The van der Waals surface area contributed by atoms with Crippen LogP contribution in [-0.4, -0.2) is 35.2 Å². The summed E-state index contributed by atoms with van der Waals surface area (Å²) in [5.41, 5.74) is 3.45. The van der Waals surface area contributed by atoms with E-state index in [1.54, 1.807) is 0 Å². The lowest BCUT2D eigenvalue weighted by molar-refractivity contribution is 0.169. The summed E-state index contributed by atoms with van der Waals surface area (Å²) >= 11 is 0. The van der Waals surface area contributed by atoms with Gasteiger partial charge in [0.1, 0.15) is 5.75 Å². The Labute approximate surface area is 171 Å². The smallest absolute Gasteiger partial charge is 0.318 e. The van der Waals surface area contributed by atoms with Crippen LogP contribution in [0.2, 0.25) is 0 Å². The normalized spacial score (nSPS) is 15.6. The minimum Gasteiger partial charge on any atom is -0.494 e. The van der Waals surface area contributed by atoms with E-state index in [-0.39, 0.29) is 12.1 Å². The zero-order valence-corrected chi connectivity index (χ0v) is 16.8. The molecule has 4 rings (SSSR count). The molecule has 0 saturated carbocycles. The Bertz CT molecular complexity index is 934. The zero-order chi connectivity index (χ0) is 20.1. The summed E-state index contributed by atoms with van der Waals surface area (Å²) in [7, 11) is 0. The summed E-state index contributed by atoms with van der Waals surface area (Å²) in [5, 5.41) is 3.11. The van der Waals surface area contributed by atoms with Gasteiger partial charge in [0, 0.05) is 31.5 Å². The molecule has 5 nitrogen and oxygen atoms in total. The lowest BCUT2D eigenvalue weighted by atomic mass is 10.00. The van der Waals surface area contributed by atoms with Crippen molar-refractivity contribution >= 4 is 6.03 Å². The number of ether oxygens (including phenoxy) is 1. The Morgan fingerprint density at radius 3 is 2.59 bits per heavy atom. The van der Waals surface area contributed by atoms with E-state index in [0.717, 1.165) is 30.0 Å². The van der Waals surface area contributed by atoms with Crippen molar-refractivity contribution < 1.29 is 9.53 Å². The first-order valence-corrected chi connectivity index (χ1v) is 10.2. The number of benzene rings is 2. The van der Waals surface area contributed by atoms with Gasteiger partial charge < -0.3 is 19.5 Å². The van der Waals surface area contributed by atoms with Gasteiger partial charge in [0.2, 0.25) is 0 Å². The summed E-state index contributed by atoms with van der Waals surface area (Å²) in [6.45, 7) is 4.72. The van der Waals surface area contributed by atoms with Crippen LogP contribution in [0.4, 0.5) is 4.79 Å². The van der Waals surface area contributed by atoms with E-state index in [4.69, 9.17) is 4.74 Å². The van der Waals surface area contributed by atoms with Crippen LogP contribution in [0.1, 0.15) is 29.8 Å². The molecular formula is C24H27N3O2. The van der Waals surface area contributed by atoms with Gasteiger partial charge in [-0.05, 0) is 48.7 Å². The third-order valence-corrected chi connectivity index (χ3v) is 5.34. The van der Waals surface area contributed by atoms with Gasteiger partial charge in [-0.25, -0.2) is 4.79 Å². The number of aromatic nitrogens is 1. The molecule has 0 fully saturated rings. The maximum Gasteiger partial charge on any atom is 0.318 e. The van der Waals surface area contributed by atoms with Gasteiger partial charge in [-0.1, -0.05) is 42.5 Å². The van der Waals surface area contributed by atoms with Crippen molar-refractivity contribution in [1.29, 1.82) is 0 Å². The number of hydrogen-bond acceptors (Lipinski definition) is 2. The fourth-order valence-electron chi connectivity index (χ4n) is 3.93. The highest BCUT2D eigenvalue weighted by molar-refractivity contribution is 5.75. The number of carbonyl (C=O) groups excluding carboxylic acids is 1. The molecule has 0 unspecified atom stereocenters. The topological polar surface area (TPSA) is 46.5 Å². The lowest BCUT2D eigenvalue weighted by Crippen LogP contribution is -2.47. The van der Waals surface area contributed by atoms with Crippen LogP contribution < -0.4 is 10.1 Å². The molecule has 2 heterocycles. The number of amides is 2. The molecule has 150 valence electrons. The summed E-state index contributed by atoms with van der Waals surface area (Å²) in [6, 6.07) is 22.3. The maximum atomic E-state index is 13.1. The second-order valence-electron chi connectivity index (χ2n) is 7.19. The third-order valence-electron chi connectivity index (χ3n) is 5.34. The molecule has 0 bridgehead atoms. The van der Waals surface area contributed by atoms with E-state index >= 15 is 0 Å². The Morgan fingerprint density at radius 2 is 1.83 bits per heavy atom. The average molecular weight is 389 g/mol. The highest BCUT2D eigenvalue weighted by Gasteiger charge is 2.32. The summed E-state index contributed by atoms with van der Waals surface area (Å²) in [6.07, 6.45) is 2.91. The predicted octanol–water partition coefficient (Wildman–Crippen LogP) is 4.24. The number of rotatable bonds is 6. The minimum atomic E-state index is -0.105. The molecule has 1 N–H and O–H groups in total. The highest BCUT2D eigenvalue weighted by Crippen LogP contribution is 2.33. The Balaban J connectivity index is 1.50. The molecule has 0 saturated heterocycles. The second kappa shape index (κ2) is 8.86. The van der Waals surface area contributed by atoms with Crippen molar-refractivity contribution in [3.63, 3.8) is 0 Å². The maximum absolute atomic E-state index is 13.1. The number of nitrogens with zero attached hydrogens (tertiary/aromatic N) is 2. The van der Waals surface area contributed by atoms with Crippen LogP contribution in [-0.2, 0) is 13.0 Å². The second-order valence-corrected chi connectivity index (χ2v) is 7.19. The van der Waals surface area contributed by atoms with Crippen molar-refractivity contribution in [2.75, 3.05) is 19.7 Å². The molecule has 5 heteroatoms. The monoisotopic (exact) mass is 389 g/mol. The molecule has 3 aromatic rings. The third kappa shape index (κ3) is 4.29. The molecule has 1 aliphatic heterocycles. The van der Waals surface area contributed by atoms with Crippen molar-refractivity contribution in [2.24, 2.45) is 0 Å². The Kier molecular flexibility index (Phi) is 5.84. The van der Waals surface area contributed by atoms with Crippen LogP contribution in [0.5, 0.6) is 5.75 Å². The van der Waals surface area contributed by atoms with Crippen molar-refractivity contribution in [2.45, 2.75) is 25.9 Å². The molecule has 2 amide bonds. The van der Waals surface area contributed by atoms with Crippen LogP contribution in [0.25, 0.3) is 0 Å². The highest BCUT2D eigenvalue weighted by atomic mass is 16.5. The van der Waals surface area contributed by atoms with Crippen molar-refractivity contribution in [1.82, 2.24) is 14.8 Å². The fraction of sp³-hybridized carbons (Fsp3) is 0.292. The van der Waals surface area contributed by atoms with Gasteiger partial charge in [-0.3, -0.25) is 0 Å². The predicted molar refractivity (Wildman–Crippen MR) is 114 cm³/mol. The van der Waals surface area contributed by atoms with Gasteiger partial charge in [-0.15, -0.1) is 0 Å². The SMILES string of the molecule is CCOc1ccc([C@H]2c3cccn3CCN2C(=O)NCCc2ccccc2)cc1. The molecule has 29 heavy (non-hydrogen) atoms. The van der Waals surface area contributed by atoms with E-state index in [2.05, 4.69) is 46.4 Å². The van der Waals surface area contributed by atoms with Gasteiger partial charge in [-0.2, -0.15) is 0 Å². The van der Waals surface area contributed by atoms with Crippen LogP contribution >= 0.6 is 0 Å². The van der Waals surface area contributed by atoms with Gasteiger partial charge in [0.15, 0.2) is 0 Å². The number of fused-ring (bicyclic) bond motifs is 1. The first-order valence-electron chi connectivity index (χ1n) is 10.2. The first-order chi connectivity index (χ1) is 14.3. The van der Waals surface area contributed by atoms with Crippen LogP contribution in [0.3, 0.4) is 0 Å². The van der Waals surface area contributed by atoms with E-state index in [0.29, 0.717) is 19.7 Å². The minimum absolute atomic E-state index is 0.0211. The van der Waals surface area contributed by atoms with Crippen molar-refractivity contribution in [3.8, 4) is 5.75 Å². The van der Waals surface area contributed by atoms with Gasteiger partial charge in [0.05, 0.1) is 12.6 Å². The Hall–Kier alpha value is -3.21. The fourth-order valence-corrected chi connectivity index (χ4v) is 3.93. The summed E-state index contributed by atoms with van der Waals surface area (Å²) in [5.74, 6) is 0.848. The van der Waals surface area contributed by atoms with E-state index in [1.165, 1.54) is 5.56 Å².